The number of amides is 1. The Morgan fingerprint density at radius 1 is 1.09 bits per heavy atom. The molecule has 0 aliphatic rings. The second kappa shape index (κ2) is 9.21. The van der Waals surface area contributed by atoms with Gasteiger partial charge in [0.2, 0.25) is 11.6 Å². The van der Waals surface area contributed by atoms with E-state index in [1.165, 1.54) is 4.68 Å². The molecule has 2 aromatic carbocycles. The molecule has 4 rings (SSSR count). The molecule has 10 nitrogen and oxygen atoms in total. The molecule has 162 valence electrons. The average Bonchev–Trinajstić information content (AvgIpc) is 3.44. The van der Waals surface area contributed by atoms with Crippen LogP contribution in [0.25, 0.3) is 16.9 Å². The minimum atomic E-state index is -0.477. The van der Waals surface area contributed by atoms with Crippen LogP contribution in [-0.2, 0) is 6.42 Å². The second-order valence-electron chi connectivity index (χ2n) is 7.10. The standard InChI is InChI=1S/C22H22N8O2/c1-3-7-18-19(25-29-30(18)21-20(23)27-32-28-21)22(31)26-24-14(2)15-10-12-17(13-11-15)16-8-5-4-6-9-16/h4-6,8-13H,3,7H2,1-2H3,(H2,23,27)(H,26,31)/b24-14-. The van der Waals surface area contributed by atoms with Crippen LogP contribution in [0, 0.1) is 0 Å². The number of rotatable bonds is 7. The molecule has 0 unspecified atom stereocenters. The maximum Gasteiger partial charge on any atom is 0.293 e. The molecule has 0 atom stereocenters. The number of aromatic nitrogens is 5. The zero-order chi connectivity index (χ0) is 22.5. The van der Waals surface area contributed by atoms with Gasteiger partial charge in [-0.15, -0.1) is 5.10 Å². The largest absolute Gasteiger partial charge is 0.378 e. The SMILES string of the molecule is CCCc1c(C(=O)N/N=C(/C)c2ccc(-c3ccccc3)cc2)nnn1-c1nonc1N. The molecule has 2 heterocycles. The molecule has 0 fully saturated rings. The molecule has 0 bridgehead atoms. The maximum absolute atomic E-state index is 12.8. The van der Waals surface area contributed by atoms with Crippen molar-refractivity contribution in [3.8, 4) is 16.9 Å². The summed E-state index contributed by atoms with van der Waals surface area (Å²) in [6, 6.07) is 18.1. The summed E-state index contributed by atoms with van der Waals surface area (Å²) in [7, 11) is 0. The zero-order valence-electron chi connectivity index (χ0n) is 17.7. The number of carbonyl (C=O) groups excluding carboxylic acids is 1. The molecule has 0 aliphatic heterocycles. The third-order valence-corrected chi connectivity index (χ3v) is 4.90. The van der Waals surface area contributed by atoms with Crippen molar-refractivity contribution in [2.45, 2.75) is 26.7 Å². The van der Waals surface area contributed by atoms with E-state index in [1.54, 1.807) is 0 Å². The molecule has 0 radical (unpaired) electrons. The van der Waals surface area contributed by atoms with Crippen molar-refractivity contribution in [2.75, 3.05) is 5.73 Å². The summed E-state index contributed by atoms with van der Waals surface area (Å²) < 4.78 is 6.00. The van der Waals surface area contributed by atoms with Crippen LogP contribution in [0.15, 0.2) is 64.3 Å². The summed E-state index contributed by atoms with van der Waals surface area (Å²) in [5, 5.41) is 19.5. The number of nitrogens with zero attached hydrogens (tertiary/aromatic N) is 6. The van der Waals surface area contributed by atoms with Crippen molar-refractivity contribution in [3.05, 3.63) is 71.5 Å². The molecular formula is C22H22N8O2. The number of nitrogens with one attached hydrogen (secondary N) is 1. The lowest BCUT2D eigenvalue weighted by molar-refractivity contribution is 0.0948. The van der Waals surface area contributed by atoms with Crippen molar-refractivity contribution in [1.82, 2.24) is 30.7 Å². The van der Waals surface area contributed by atoms with Crippen LogP contribution in [0.3, 0.4) is 0 Å². The lowest BCUT2D eigenvalue weighted by atomic mass is 10.0. The highest BCUT2D eigenvalue weighted by atomic mass is 16.6. The average molecular weight is 430 g/mol. The van der Waals surface area contributed by atoms with E-state index in [1.807, 2.05) is 56.3 Å². The van der Waals surface area contributed by atoms with E-state index in [9.17, 15) is 4.79 Å². The summed E-state index contributed by atoms with van der Waals surface area (Å²) in [6.45, 7) is 3.80. The van der Waals surface area contributed by atoms with Crippen molar-refractivity contribution in [1.29, 1.82) is 0 Å². The Kier molecular flexibility index (Phi) is 6.02. The van der Waals surface area contributed by atoms with Gasteiger partial charge in [-0.25, -0.2) is 10.1 Å². The fourth-order valence-corrected chi connectivity index (χ4v) is 3.23. The number of nitrogen functional groups attached to an aromatic ring is 1. The molecule has 0 saturated carbocycles. The first-order chi connectivity index (χ1) is 15.6. The van der Waals surface area contributed by atoms with Crippen molar-refractivity contribution >= 4 is 17.4 Å². The maximum atomic E-state index is 12.8. The van der Waals surface area contributed by atoms with E-state index < -0.39 is 5.91 Å². The molecule has 0 aliphatic carbocycles. The van der Waals surface area contributed by atoms with Gasteiger partial charge in [0.25, 0.3) is 5.91 Å². The quantitative estimate of drug-likeness (QED) is 0.339. The van der Waals surface area contributed by atoms with E-state index in [0.29, 0.717) is 17.8 Å². The van der Waals surface area contributed by atoms with Crippen LogP contribution in [0.1, 0.15) is 42.0 Å². The summed E-state index contributed by atoms with van der Waals surface area (Å²) in [5.74, 6) is -0.222. The summed E-state index contributed by atoms with van der Waals surface area (Å²) in [4.78, 5) is 12.8. The Hall–Kier alpha value is -4.34. The van der Waals surface area contributed by atoms with Gasteiger partial charge in [0, 0.05) is 0 Å². The Bertz CT molecular complexity index is 1240. The number of anilines is 1. The second-order valence-corrected chi connectivity index (χ2v) is 7.10. The van der Waals surface area contributed by atoms with Gasteiger partial charge in [0.05, 0.1) is 11.4 Å². The summed E-state index contributed by atoms with van der Waals surface area (Å²) in [6.07, 6.45) is 1.29. The van der Waals surface area contributed by atoms with E-state index >= 15 is 0 Å². The Morgan fingerprint density at radius 3 is 2.47 bits per heavy atom. The number of hydrogen-bond acceptors (Lipinski definition) is 8. The van der Waals surface area contributed by atoms with Crippen molar-refractivity contribution in [2.24, 2.45) is 5.10 Å². The smallest absolute Gasteiger partial charge is 0.293 e. The van der Waals surface area contributed by atoms with Crippen LogP contribution in [0.4, 0.5) is 5.82 Å². The van der Waals surface area contributed by atoms with Crippen LogP contribution < -0.4 is 11.2 Å². The highest BCUT2D eigenvalue weighted by Crippen LogP contribution is 2.20. The fraction of sp³-hybridized carbons (Fsp3) is 0.182. The minimum Gasteiger partial charge on any atom is -0.378 e. The van der Waals surface area contributed by atoms with Crippen LogP contribution in [-0.4, -0.2) is 36.9 Å². The lowest BCUT2D eigenvalue weighted by Crippen LogP contribution is -2.21. The lowest BCUT2D eigenvalue weighted by Gasteiger charge is -2.06. The predicted molar refractivity (Wildman–Crippen MR) is 119 cm³/mol. The van der Waals surface area contributed by atoms with Crippen LogP contribution in [0.5, 0.6) is 0 Å². The number of nitrogens with two attached hydrogens (primary N) is 1. The topological polar surface area (TPSA) is 137 Å². The van der Waals surface area contributed by atoms with Crippen molar-refractivity contribution in [3.63, 3.8) is 0 Å². The summed E-state index contributed by atoms with van der Waals surface area (Å²) >= 11 is 0. The normalized spacial score (nSPS) is 11.5. The fourth-order valence-electron chi connectivity index (χ4n) is 3.23. The van der Waals surface area contributed by atoms with Crippen molar-refractivity contribution < 1.29 is 9.42 Å². The Morgan fingerprint density at radius 2 is 1.81 bits per heavy atom. The Balaban J connectivity index is 1.52. The van der Waals surface area contributed by atoms with Crippen LogP contribution >= 0.6 is 0 Å². The predicted octanol–water partition coefficient (Wildman–Crippen LogP) is 3.01. The highest BCUT2D eigenvalue weighted by Gasteiger charge is 2.23. The minimum absolute atomic E-state index is 0.0621. The van der Waals surface area contributed by atoms with Gasteiger partial charge in [-0.3, -0.25) is 4.79 Å². The number of benzene rings is 2. The van der Waals surface area contributed by atoms with Crippen LogP contribution in [0.2, 0.25) is 0 Å². The molecule has 4 aromatic rings. The monoisotopic (exact) mass is 430 g/mol. The van der Waals surface area contributed by atoms with Gasteiger partial charge in [-0.1, -0.05) is 73.2 Å². The molecular weight excluding hydrogens is 408 g/mol. The first kappa shape index (κ1) is 20.9. The van der Waals surface area contributed by atoms with Gasteiger partial charge in [0.15, 0.2) is 5.69 Å². The van der Waals surface area contributed by atoms with E-state index in [4.69, 9.17) is 5.73 Å². The first-order valence-corrected chi connectivity index (χ1v) is 10.1. The Labute approximate surface area is 184 Å². The van der Waals surface area contributed by atoms with E-state index in [0.717, 1.165) is 23.1 Å². The van der Waals surface area contributed by atoms with Gasteiger partial charge in [-0.2, -0.15) is 9.78 Å². The molecule has 1 amide bonds. The third-order valence-electron chi connectivity index (χ3n) is 4.90. The number of hydrogen-bond donors (Lipinski definition) is 2. The van der Waals surface area contributed by atoms with Gasteiger partial charge < -0.3 is 5.73 Å². The van der Waals surface area contributed by atoms with E-state index in [2.05, 4.69) is 47.9 Å². The van der Waals surface area contributed by atoms with Gasteiger partial charge in [-0.05, 0) is 40.3 Å². The third kappa shape index (κ3) is 4.24. The van der Waals surface area contributed by atoms with Gasteiger partial charge >= 0.3 is 0 Å². The number of carbonyl (C=O) groups is 1. The molecule has 2 aromatic heterocycles. The molecule has 3 N–H and O–H groups in total. The highest BCUT2D eigenvalue weighted by molar-refractivity contribution is 6.01. The number of hydrazone groups is 1. The first-order valence-electron chi connectivity index (χ1n) is 10.1. The van der Waals surface area contributed by atoms with Gasteiger partial charge in [0.1, 0.15) is 0 Å². The molecule has 32 heavy (non-hydrogen) atoms. The molecule has 0 spiro atoms. The zero-order valence-corrected chi connectivity index (χ0v) is 17.7. The molecule has 0 saturated heterocycles. The summed E-state index contributed by atoms with van der Waals surface area (Å²) in [5.41, 5.74) is 12.8. The van der Waals surface area contributed by atoms with E-state index in [-0.39, 0.29) is 17.3 Å². The molecule has 10 heteroatoms.